The van der Waals surface area contributed by atoms with Crippen molar-refractivity contribution in [2.24, 2.45) is 11.8 Å². The number of hydrogen-bond acceptors (Lipinski definition) is 2. The molecule has 2 N–H and O–H groups in total. The third-order valence-corrected chi connectivity index (χ3v) is 3.95. The van der Waals surface area contributed by atoms with Crippen LogP contribution < -0.4 is 10.6 Å². The van der Waals surface area contributed by atoms with Gasteiger partial charge in [-0.05, 0) is 36.8 Å². The molecule has 1 amide bonds. The van der Waals surface area contributed by atoms with Crippen molar-refractivity contribution in [2.45, 2.75) is 32.6 Å². The minimum Gasteiger partial charge on any atom is -0.376 e. The zero-order valence-corrected chi connectivity index (χ0v) is 12.9. The Bertz CT molecular complexity index is 389. The smallest absolute Gasteiger partial charge is 0.239 e. The summed E-state index contributed by atoms with van der Waals surface area (Å²) in [5.41, 5.74) is 0.990. The van der Waals surface area contributed by atoms with Gasteiger partial charge >= 0.3 is 0 Å². The highest BCUT2D eigenvalue weighted by atomic mass is 35.5. The van der Waals surface area contributed by atoms with E-state index in [9.17, 15) is 4.79 Å². The summed E-state index contributed by atoms with van der Waals surface area (Å²) in [6.45, 7) is 3.51. The molecule has 1 aromatic rings. The van der Waals surface area contributed by atoms with Crippen molar-refractivity contribution < 1.29 is 4.79 Å². The first-order valence-electron chi connectivity index (χ1n) is 7.29. The number of carbonyl (C=O) groups is 1. The molecule has 0 spiro atoms. The molecule has 20 heavy (non-hydrogen) atoms. The highest BCUT2D eigenvalue weighted by Gasteiger charge is 2.18. The predicted molar refractivity (Wildman–Crippen MR) is 86.3 cm³/mol. The first-order valence-corrected chi connectivity index (χ1v) is 7.29. The number of para-hydroxylation sites is 1. The molecule has 0 atom stereocenters. The molecule has 0 aliphatic heterocycles. The van der Waals surface area contributed by atoms with Gasteiger partial charge in [-0.15, -0.1) is 12.4 Å². The van der Waals surface area contributed by atoms with E-state index >= 15 is 0 Å². The fraction of sp³-hybridized carbons (Fsp3) is 0.562. The molecule has 0 bridgehead atoms. The summed E-state index contributed by atoms with van der Waals surface area (Å²) in [6.07, 6.45) is 5.13. The first-order chi connectivity index (χ1) is 9.24. The van der Waals surface area contributed by atoms with Crippen LogP contribution in [0.2, 0.25) is 0 Å². The Kier molecular flexibility index (Phi) is 7.45. The van der Waals surface area contributed by atoms with Gasteiger partial charge in [0.25, 0.3) is 0 Å². The van der Waals surface area contributed by atoms with Gasteiger partial charge in [-0.25, -0.2) is 0 Å². The van der Waals surface area contributed by atoms with Crippen molar-refractivity contribution in [3.05, 3.63) is 30.3 Å². The number of hydrogen-bond donors (Lipinski definition) is 2. The SMILES string of the molecule is CC1CCC(CNC(=O)CNc2ccccc2)CC1.Cl. The summed E-state index contributed by atoms with van der Waals surface area (Å²) in [5, 5.41) is 6.16. The Labute approximate surface area is 127 Å². The molecule has 4 heteroatoms. The van der Waals surface area contributed by atoms with E-state index in [1.54, 1.807) is 0 Å². The zero-order chi connectivity index (χ0) is 13.5. The van der Waals surface area contributed by atoms with Crippen LogP contribution in [0.1, 0.15) is 32.6 Å². The van der Waals surface area contributed by atoms with Gasteiger partial charge in [-0.3, -0.25) is 4.79 Å². The maximum atomic E-state index is 11.7. The van der Waals surface area contributed by atoms with Crippen LogP contribution in [-0.2, 0) is 4.79 Å². The lowest BCUT2D eigenvalue weighted by molar-refractivity contribution is -0.119. The maximum absolute atomic E-state index is 11.7. The molecule has 0 unspecified atom stereocenters. The quantitative estimate of drug-likeness (QED) is 0.873. The number of amides is 1. The van der Waals surface area contributed by atoms with Crippen LogP contribution in [0.4, 0.5) is 5.69 Å². The molecule has 1 saturated carbocycles. The van der Waals surface area contributed by atoms with Gasteiger partial charge in [-0.2, -0.15) is 0 Å². The van der Waals surface area contributed by atoms with Crippen molar-refractivity contribution in [3.63, 3.8) is 0 Å². The van der Waals surface area contributed by atoms with Gasteiger partial charge in [0.05, 0.1) is 6.54 Å². The zero-order valence-electron chi connectivity index (χ0n) is 12.1. The monoisotopic (exact) mass is 296 g/mol. The van der Waals surface area contributed by atoms with Crippen molar-refractivity contribution in [1.29, 1.82) is 0 Å². The number of carbonyl (C=O) groups excluding carboxylic acids is 1. The first kappa shape index (κ1) is 16.8. The van der Waals surface area contributed by atoms with Gasteiger partial charge in [0.1, 0.15) is 0 Å². The molecule has 0 heterocycles. The molecular weight excluding hydrogens is 272 g/mol. The summed E-state index contributed by atoms with van der Waals surface area (Å²) in [4.78, 5) is 11.7. The topological polar surface area (TPSA) is 41.1 Å². The normalized spacial score (nSPS) is 21.6. The Morgan fingerprint density at radius 1 is 1.15 bits per heavy atom. The molecule has 0 radical (unpaired) electrons. The van der Waals surface area contributed by atoms with E-state index < -0.39 is 0 Å². The second-order valence-corrected chi connectivity index (χ2v) is 5.65. The van der Waals surface area contributed by atoms with E-state index in [1.165, 1.54) is 25.7 Å². The maximum Gasteiger partial charge on any atom is 0.239 e. The van der Waals surface area contributed by atoms with Crippen LogP contribution in [-0.4, -0.2) is 19.0 Å². The molecule has 112 valence electrons. The van der Waals surface area contributed by atoms with Crippen LogP contribution in [0.5, 0.6) is 0 Å². The lowest BCUT2D eigenvalue weighted by Crippen LogP contribution is -2.34. The van der Waals surface area contributed by atoms with Crippen molar-refractivity contribution in [1.82, 2.24) is 5.32 Å². The Morgan fingerprint density at radius 2 is 1.80 bits per heavy atom. The molecular formula is C16H25ClN2O. The molecule has 0 saturated heterocycles. The molecule has 1 fully saturated rings. The van der Waals surface area contributed by atoms with Crippen LogP contribution >= 0.6 is 12.4 Å². The van der Waals surface area contributed by atoms with Gasteiger partial charge in [0, 0.05) is 12.2 Å². The molecule has 1 aliphatic carbocycles. The summed E-state index contributed by atoms with van der Waals surface area (Å²) in [6, 6.07) is 9.83. The second kappa shape index (κ2) is 8.85. The van der Waals surface area contributed by atoms with Gasteiger partial charge in [0.15, 0.2) is 0 Å². The van der Waals surface area contributed by atoms with Crippen molar-refractivity contribution >= 4 is 24.0 Å². The minimum atomic E-state index is 0. The average molecular weight is 297 g/mol. The molecule has 1 aromatic carbocycles. The summed E-state index contributed by atoms with van der Waals surface area (Å²) < 4.78 is 0. The van der Waals surface area contributed by atoms with Gasteiger partial charge in [-0.1, -0.05) is 38.0 Å². The van der Waals surface area contributed by atoms with E-state index in [1.807, 2.05) is 30.3 Å². The van der Waals surface area contributed by atoms with Crippen LogP contribution in [0.15, 0.2) is 30.3 Å². The molecule has 1 aliphatic rings. The number of rotatable bonds is 5. The standard InChI is InChI=1S/C16H24N2O.ClH/c1-13-7-9-14(10-8-13)11-18-16(19)12-17-15-5-3-2-4-6-15;/h2-6,13-14,17H,7-12H2,1H3,(H,18,19);1H. The lowest BCUT2D eigenvalue weighted by atomic mass is 9.83. The Hall–Kier alpha value is -1.22. The number of nitrogens with one attached hydrogen (secondary N) is 2. The van der Waals surface area contributed by atoms with Crippen LogP contribution in [0, 0.1) is 11.8 Å². The van der Waals surface area contributed by atoms with Crippen LogP contribution in [0.25, 0.3) is 0 Å². The second-order valence-electron chi connectivity index (χ2n) is 5.65. The Balaban J connectivity index is 0.00000200. The predicted octanol–water partition coefficient (Wildman–Crippen LogP) is 3.46. The highest BCUT2D eigenvalue weighted by Crippen LogP contribution is 2.27. The number of benzene rings is 1. The van der Waals surface area contributed by atoms with E-state index in [-0.39, 0.29) is 18.3 Å². The summed E-state index contributed by atoms with van der Waals surface area (Å²) in [5.74, 6) is 1.63. The van der Waals surface area contributed by atoms with E-state index in [0.717, 1.165) is 18.2 Å². The molecule has 3 nitrogen and oxygen atoms in total. The third kappa shape index (κ3) is 5.83. The average Bonchev–Trinajstić information content (AvgIpc) is 2.45. The minimum absolute atomic E-state index is 0. The van der Waals surface area contributed by atoms with E-state index in [4.69, 9.17) is 0 Å². The molecule has 0 aromatic heterocycles. The van der Waals surface area contributed by atoms with E-state index in [2.05, 4.69) is 17.6 Å². The van der Waals surface area contributed by atoms with E-state index in [0.29, 0.717) is 12.5 Å². The third-order valence-electron chi connectivity index (χ3n) is 3.95. The van der Waals surface area contributed by atoms with Gasteiger partial charge in [0.2, 0.25) is 5.91 Å². The largest absolute Gasteiger partial charge is 0.376 e. The molecule has 2 rings (SSSR count). The fourth-order valence-electron chi connectivity index (χ4n) is 2.59. The summed E-state index contributed by atoms with van der Waals surface area (Å²) in [7, 11) is 0. The summed E-state index contributed by atoms with van der Waals surface area (Å²) >= 11 is 0. The van der Waals surface area contributed by atoms with Crippen molar-refractivity contribution in [2.75, 3.05) is 18.4 Å². The Morgan fingerprint density at radius 3 is 2.45 bits per heavy atom. The number of halogens is 1. The van der Waals surface area contributed by atoms with Crippen molar-refractivity contribution in [3.8, 4) is 0 Å². The lowest BCUT2D eigenvalue weighted by Gasteiger charge is -2.26. The van der Waals surface area contributed by atoms with Crippen LogP contribution in [0.3, 0.4) is 0 Å². The number of anilines is 1. The van der Waals surface area contributed by atoms with Gasteiger partial charge < -0.3 is 10.6 Å². The highest BCUT2D eigenvalue weighted by molar-refractivity contribution is 5.85. The fourth-order valence-corrected chi connectivity index (χ4v) is 2.59.